The van der Waals surface area contributed by atoms with E-state index in [0.717, 1.165) is 19.3 Å². The van der Waals surface area contributed by atoms with Crippen LogP contribution in [0.5, 0.6) is 0 Å². The van der Waals surface area contributed by atoms with Crippen molar-refractivity contribution >= 4 is 5.78 Å². The molecule has 1 unspecified atom stereocenters. The van der Waals surface area contributed by atoms with Gasteiger partial charge in [0.05, 0.1) is 12.2 Å². The first-order chi connectivity index (χ1) is 7.77. The van der Waals surface area contributed by atoms with E-state index in [-0.39, 0.29) is 29.3 Å². The third-order valence-electron chi connectivity index (χ3n) is 5.50. The summed E-state index contributed by atoms with van der Waals surface area (Å²) < 4.78 is 5.80. The molecule has 3 heteroatoms. The molecule has 1 N–H and O–H groups in total. The Kier molecular flexibility index (Phi) is 2.14. The van der Waals surface area contributed by atoms with Gasteiger partial charge in [-0.2, -0.15) is 0 Å². The Bertz CT molecular complexity index is 376. The van der Waals surface area contributed by atoms with Crippen LogP contribution in [0.4, 0.5) is 0 Å². The van der Waals surface area contributed by atoms with Crippen LogP contribution in [0, 0.1) is 17.3 Å². The van der Waals surface area contributed by atoms with Gasteiger partial charge >= 0.3 is 0 Å². The first-order valence-corrected chi connectivity index (χ1v) is 6.67. The molecule has 17 heavy (non-hydrogen) atoms. The second kappa shape index (κ2) is 3.12. The number of carbonyl (C=O) groups excluding carboxylic acids is 1. The fourth-order valence-corrected chi connectivity index (χ4v) is 4.31. The Hall–Kier alpha value is -0.410. The van der Waals surface area contributed by atoms with Crippen LogP contribution in [0.3, 0.4) is 0 Å². The molecular weight excluding hydrogens is 216 g/mol. The maximum Gasteiger partial charge on any atom is 0.167 e. The number of fused-ring (bicyclic) bond motifs is 1. The van der Waals surface area contributed by atoms with Crippen molar-refractivity contribution < 1.29 is 14.6 Å². The van der Waals surface area contributed by atoms with E-state index in [4.69, 9.17) is 4.74 Å². The summed E-state index contributed by atoms with van der Waals surface area (Å²) in [5.41, 5.74) is -1.27. The number of hydrogen-bond acceptors (Lipinski definition) is 3. The summed E-state index contributed by atoms with van der Waals surface area (Å²) in [5, 5.41) is 10.7. The molecule has 2 saturated carbocycles. The molecule has 0 radical (unpaired) electrons. The van der Waals surface area contributed by atoms with Crippen molar-refractivity contribution in [2.45, 2.75) is 57.7 Å². The molecule has 0 spiro atoms. The lowest BCUT2D eigenvalue weighted by atomic mass is 9.50. The first-order valence-electron chi connectivity index (χ1n) is 6.67. The van der Waals surface area contributed by atoms with Crippen molar-refractivity contribution in [2.75, 3.05) is 6.61 Å². The lowest BCUT2D eigenvalue weighted by molar-refractivity contribution is -0.245. The van der Waals surface area contributed by atoms with Gasteiger partial charge < -0.3 is 9.84 Å². The van der Waals surface area contributed by atoms with E-state index in [1.807, 2.05) is 0 Å². The molecule has 0 amide bonds. The zero-order valence-corrected chi connectivity index (χ0v) is 11.0. The van der Waals surface area contributed by atoms with E-state index in [9.17, 15) is 9.90 Å². The summed E-state index contributed by atoms with van der Waals surface area (Å²) in [4.78, 5) is 12.2. The predicted octanol–water partition coefficient (Wildman–Crippen LogP) is 1.92. The fraction of sp³-hybridized carbons (Fsp3) is 0.929. The Morgan fingerprint density at radius 3 is 2.71 bits per heavy atom. The van der Waals surface area contributed by atoms with Crippen molar-refractivity contribution in [3.63, 3.8) is 0 Å². The largest absolute Gasteiger partial charge is 0.379 e. The predicted molar refractivity (Wildman–Crippen MR) is 63.5 cm³/mol. The third-order valence-corrected chi connectivity index (χ3v) is 5.50. The fourth-order valence-electron chi connectivity index (χ4n) is 4.31. The molecule has 0 aromatic carbocycles. The Labute approximate surface area is 103 Å². The summed E-state index contributed by atoms with van der Waals surface area (Å²) in [5.74, 6) is 0.432. The molecule has 1 heterocycles. The van der Waals surface area contributed by atoms with Crippen LogP contribution in [0.25, 0.3) is 0 Å². The van der Waals surface area contributed by atoms with Crippen LogP contribution in [0.2, 0.25) is 0 Å². The number of rotatable bonds is 0. The van der Waals surface area contributed by atoms with E-state index in [1.54, 1.807) is 0 Å². The van der Waals surface area contributed by atoms with Gasteiger partial charge in [-0.1, -0.05) is 6.92 Å². The molecule has 3 aliphatic rings. The average molecular weight is 238 g/mol. The number of aliphatic hydroxyl groups is 1. The standard InChI is InChI=1S/C14H22O3/c1-12(2)9-4-5-13(3)6-10(9)14(16,8-17-12)11(15)7-13/h9-10,16H,4-8H2,1-3H3/t9?,10-,13-,14-/m0/s1. The Morgan fingerprint density at radius 2 is 2.00 bits per heavy atom. The molecular formula is C14H22O3. The highest BCUT2D eigenvalue weighted by molar-refractivity contribution is 5.89. The van der Waals surface area contributed by atoms with Crippen LogP contribution < -0.4 is 0 Å². The molecule has 1 aliphatic heterocycles. The molecule has 3 rings (SSSR count). The SMILES string of the molecule is CC1(C)OC[C@@]2(O)C(=O)C[C@@]3(C)CCC1[C@@H]2C3. The number of hydrogen-bond donors (Lipinski definition) is 1. The van der Waals surface area contributed by atoms with Gasteiger partial charge in [-0.05, 0) is 44.4 Å². The maximum atomic E-state index is 12.2. The van der Waals surface area contributed by atoms with Crippen LogP contribution in [0.1, 0.15) is 46.5 Å². The molecule has 3 fully saturated rings. The summed E-state index contributed by atoms with van der Waals surface area (Å²) >= 11 is 0. The summed E-state index contributed by atoms with van der Waals surface area (Å²) in [6.45, 7) is 6.58. The lowest BCUT2D eigenvalue weighted by Crippen LogP contribution is -2.67. The van der Waals surface area contributed by atoms with Crippen molar-refractivity contribution in [3.8, 4) is 0 Å². The first kappa shape index (κ1) is 11.7. The van der Waals surface area contributed by atoms with Gasteiger partial charge in [0.1, 0.15) is 5.60 Å². The van der Waals surface area contributed by atoms with Crippen molar-refractivity contribution in [2.24, 2.45) is 17.3 Å². The summed E-state index contributed by atoms with van der Waals surface area (Å²) in [6.07, 6.45) is 3.66. The van der Waals surface area contributed by atoms with Crippen LogP contribution in [-0.2, 0) is 9.53 Å². The molecule has 4 atom stereocenters. The summed E-state index contributed by atoms with van der Waals surface area (Å²) in [6, 6.07) is 0. The number of Topliss-reactive ketones (excluding diaryl/α,β-unsaturated/α-hetero) is 1. The van der Waals surface area contributed by atoms with Crippen LogP contribution in [-0.4, -0.2) is 28.7 Å². The highest BCUT2D eigenvalue weighted by Crippen LogP contribution is 2.58. The number of carbonyl (C=O) groups is 1. The van der Waals surface area contributed by atoms with Crippen LogP contribution in [0.15, 0.2) is 0 Å². The molecule has 0 aromatic rings. The molecule has 1 saturated heterocycles. The van der Waals surface area contributed by atoms with Gasteiger partial charge in [-0.3, -0.25) is 4.79 Å². The molecule has 3 nitrogen and oxygen atoms in total. The van der Waals surface area contributed by atoms with Gasteiger partial charge in [-0.25, -0.2) is 0 Å². The summed E-state index contributed by atoms with van der Waals surface area (Å²) in [7, 11) is 0. The van der Waals surface area contributed by atoms with E-state index in [1.165, 1.54) is 0 Å². The van der Waals surface area contributed by atoms with Gasteiger partial charge in [0.15, 0.2) is 5.78 Å². The maximum absolute atomic E-state index is 12.2. The van der Waals surface area contributed by atoms with E-state index < -0.39 is 5.60 Å². The average Bonchev–Trinajstić information content (AvgIpc) is 2.22. The van der Waals surface area contributed by atoms with Crippen molar-refractivity contribution in [1.82, 2.24) is 0 Å². The molecule has 2 aliphatic carbocycles. The molecule has 0 aromatic heterocycles. The van der Waals surface area contributed by atoms with Gasteiger partial charge in [0.2, 0.25) is 0 Å². The normalized spacial score (nSPS) is 52.4. The van der Waals surface area contributed by atoms with Crippen molar-refractivity contribution in [3.05, 3.63) is 0 Å². The number of ketones is 1. The lowest BCUT2D eigenvalue weighted by Gasteiger charge is -2.60. The zero-order valence-electron chi connectivity index (χ0n) is 11.0. The second-order valence-corrected chi connectivity index (χ2v) is 7.18. The Balaban J connectivity index is 2.03. The van der Waals surface area contributed by atoms with Gasteiger partial charge in [0, 0.05) is 12.3 Å². The van der Waals surface area contributed by atoms with Gasteiger partial charge in [0.25, 0.3) is 0 Å². The Morgan fingerprint density at radius 1 is 1.29 bits per heavy atom. The number of ether oxygens (including phenoxy) is 1. The minimum Gasteiger partial charge on any atom is -0.379 e. The van der Waals surface area contributed by atoms with E-state index >= 15 is 0 Å². The minimum absolute atomic E-state index is 0.0106. The van der Waals surface area contributed by atoms with E-state index in [2.05, 4.69) is 20.8 Å². The van der Waals surface area contributed by atoms with Crippen LogP contribution >= 0.6 is 0 Å². The minimum atomic E-state index is -1.19. The molecule has 96 valence electrons. The monoisotopic (exact) mass is 238 g/mol. The molecule has 2 bridgehead atoms. The van der Waals surface area contributed by atoms with E-state index in [0.29, 0.717) is 12.3 Å². The highest BCUT2D eigenvalue weighted by atomic mass is 16.5. The zero-order chi connectivity index (χ0) is 12.5. The smallest absolute Gasteiger partial charge is 0.167 e. The quantitative estimate of drug-likeness (QED) is 0.701. The van der Waals surface area contributed by atoms with Gasteiger partial charge in [-0.15, -0.1) is 0 Å². The highest BCUT2D eigenvalue weighted by Gasteiger charge is 2.62. The second-order valence-electron chi connectivity index (χ2n) is 7.18. The topological polar surface area (TPSA) is 46.5 Å². The third kappa shape index (κ3) is 1.45. The van der Waals surface area contributed by atoms with Crippen molar-refractivity contribution in [1.29, 1.82) is 0 Å².